The van der Waals surface area contributed by atoms with Gasteiger partial charge in [-0.1, -0.05) is 12.1 Å². The molecule has 24 heavy (non-hydrogen) atoms. The summed E-state index contributed by atoms with van der Waals surface area (Å²) >= 11 is 0. The number of rotatable bonds is 4. The second-order valence-corrected chi connectivity index (χ2v) is 6.37. The van der Waals surface area contributed by atoms with Gasteiger partial charge in [0.15, 0.2) is 0 Å². The quantitative estimate of drug-likeness (QED) is 0.937. The topological polar surface area (TPSA) is 50.2 Å². The average molecular weight is 330 g/mol. The highest BCUT2D eigenvalue weighted by molar-refractivity contribution is 5.74. The van der Waals surface area contributed by atoms with E-state index in [-0.39, 0.29) is 11.8 Å². The molecule has 0 atom stereocenters. The molecule has 1 saturated heterocycles. The maximum atomic E-state index is 13.3. The minimum atomic E-state index is -0.181. The smallest absolute Gasteiger partial charge is 0.317 e. The van der Waals surface area contributed by atoms with Gasteiger partial charge in [-0.05, 0) is 48.9 Å². The lowest BCUT2D eigenvalue weighted by atomic mass is 9.90. The molecule has 1 aromatic carbocycles. The Morgan fingerprint density at radius 2 is 2.12 bits per heavy atom. The predicted molar refractivity (Wildman–Crippen MR) is 89.8 cm³/mol. The monoisotopic (exact) mass is 330 g/mol. The van der Waals surface area contributed by atoms with Gasteiger partial charge < -0.3 is 10.2 Å². The molecule has 5 nitrogen and oxygen atoms in total. The van der Waals surface area contributed by atoms with Crippen molar-refractivity contribution in [1.29, 1.82) is 0 Å². The number of nitrogens with one attached hydrogen (secondary N) is 1. The van der Waals surface area contributed by atoms with Crippen molar-refractivity contribution >= 4 is 6.03 Å². The van der Waals surface area contributed by atoms with Crippen molar-refractivity contribution in [2.24, 2.45) is 13.0 Å². The van der Waals surface area contributed by atoms with Crippen molar-refractivity contribution in [3.63, 3.8) is 0 Å². The molecule has 2 amide bonds. The van der Waals surface area contributed by atoms with Crippen LogP contribution in [0.4, 0.5) is 9.18 Å². The van der Waals surface area contributed by atoms with Gasteiger partial charge in [0.25, 0.3) is 0 Å². The molecule has 3 rings (SSSR count). The standard InChI is InChI=1S/C18H23FN4O/c1-22-17(5-8-21-22)13-20-18(24)23-9-6-14(7-10-23)11-15-3-2-4-16(19)12-15/h2-5,8,12,14H,6-7,9-11,13H2,1H3,(H,20,24). The van der Waals surface area contributed by atoms with Gasteiger partial charge in [-0.3, -0.25) is 4.68 Å². The molecular formula is C18H23FN4O. The second kappa shape index (κ2) is 7.47. The molecule has 1 aliphatic rings. The number of aromatic nitrogens is 2. The lowest BCUT2D eigenvalue weighted by Crippen LogP contribution is -2.44. The highest BCUT2D eigenvalue weighted by Gasteiger charge is 2.23. The Labute approximate surface area is 141 Å². The number of carbonyl (C=O) groups excluding carboxylic acids is 1. The molecule has 1 fully saturated rings. The molecular weight excluding hydrogens is 307 g/mol. The molecule has 1 N–H and O–H groups in total. The van der Waals surface area contributed by atoms with Crippen LogP contribution in [-0.4, -0.2) is 33.8 Å². The number of carbonyl (C=O) groups is 1. The Balaban J connectivity index is 1.44. The number of hydrogen-bond donors (Lipinski definition) is 1. The van der Waals surface area contributed by atoms with Gasteiger partial charge in [-0.25, -0.2) is 9.18 Å². The van der Waals surface area contributed by atoms with E-state index in [1.54, 1.807) is 23.0 Å². The van der Waals surface area contributed by atoms with Crippen LogP contribution in [0, 0.1) is 11.7 Å². The fourth-order valence-corrected chi connectivity index (χ4v) is 3.19. The third-order valence-corrected chi connectivity index (χ3v) is 4.66. The molecule has 2 aromatic rings. The molecule has 0 aliphatic carbocycles. The summed E-state index contributed by atoms with van der Waals surface area (Å²) in [5.41, 5.74) is 2.01. The van der Waals surface area contributed by atoms with Crippen LogP contribution in [0.1, 0.15) is 24.1 Å². The third kappa shape index (κ3) is 4.13. The third-order valence-electron chi connectivity index (χ3n) is 4.66. The van der Waals surface area contributed by atoms with Crippen LogP contribution < -0.4 is 5.32 Å². The molecule has 0 spiro atoms. The van der Waals surface area contributed by atoms with Crippen molar-refractivity contribution in [1.82, 2.24) is 20.0 Å². The van der Waals surface area contributed by atoms with E-state index in [2.05, 4.69) is 10.4 Å². The second-order valence-electron chi connectivity index (χ2n) is 6.37. The van der Waals surface area contributed by atoms with Gasteiger partial charge in [0, 0.05) is 26.3 Å². The highest BCUT2D eigenvalue weighted by Crippen LogP contribution is 2.22. The van der Waals surface area contributed by atoms with Gasteiger partial charge in [0.1, 0.15) is 5.82 Å². The molecule has 0 unspecified atom stereocenters. The summed E-state index contributed by atoms with van der Waals surface area (Å²) in [6, 6.07) is 8.67. The van der Waals surface area contributed by atoms with E-state index in [1.807, 2.05) is 24.1 Å². The predicted octanol–water partition coefficient (Wildman–Crippen LogP) is 2.72. The van der Waals surface area contributed by atoms with Crippen molar-refractivity contribution < 1.29 is 9.18 Å². The van der Waals surface area contributed by atoms with Crippen LogP contribution in [0.25, 0.3) is 0 Å². The van der Waals surface area contributed by atoms with E-state index in [1.165, 1.54) is 6.07 Å². The van der Waals surface area contributed by atoms with Crippen LogP contribution in [0.2, 0.25) is 0 Å². The van der Waals surface area contributed by atoms with E-state index in [0.29, 0.717) is 12.5 Å². The Hall–Kier alpha value is -2.37. The summed E-state index contributed by atoms with van der Waals surface area (Å²) in [7, 11) is 1.86. The van der Waals surface area contributed by atoms with Gasteiger partial charge in [0.2, 0.25) is 0 Å². The maximum Gasteiger partial charge on any atom is 0.317 e. The van der Waals surface area contributed by atoms with E-state index in [4.69, 9.17) is 0 Å². The van der Waals surface area contributed by atoms with Crippen LogP contribution in [0.5, 0.6) is 0 Å². The first kappa shape index (κ1) is 16.5. The largest absolute Gasteiger partial charge is 0.332 e. The van der Waals surface area contributed by atoms with E-state index in [0.717, 1.165) is 43.6 Å². The summed E-state index contributed by atoms with van der Waals surface area (Å²) < 4.78 is 15.0. The summed E-state index contributed by atoms with van der Waals surface area (Å²) in [5.74, 6) is 0.326. The molecule has 2 heterocycles. The summed E-state index contributed by atoms with van der Waals surface area (Å²) in [5, 5.41) is 7.03. The maximum absolute atomic E-state index is 13.3. The Morgan fingerprint density at radius 1 is 1.33 bits per heavy atom. The lowest BCUT2D eigenvalue weighted by molar-refractivity contribution is 0.170. The number of hydrogen-bond acceptors (Lipinski definition) is 2. The summed E-state index contributed by atoms with van der Waals surface area (Å²) in [6.45, 7) is 1.98. The normalized spacial score (nSPS) is 15.5. The zero-order valence-corrected chi connectivity index (χ0v) is 13.9. The molecule has 0 saturated carbocycles. The number of amides is 2. The number of piperidine rings is 1. The minimum Gasteiger partial charge on any atom is -0.332 e. The number of urea groups is 1. The zero-order chi connectivity index (χ0) is 16.9. The number of aryl methyl sites for hydroxylation is 1. The van der Waals surface area contributed by atoms with Gasteiger partial charge in [-0.2, -0.15) is 5.10 Å². The fraction of sp³-hybridized carbons (Fsp3) is 0.444. The van der Waals surface area contributed by atoms with Crippen LogP contribution in [0.3, 0.4) is 0 Å². The minimum absolute atomic E-state index is 0.0274. The number of halogens is 1. The molecule has 1 aliphatic heterocycles. The average Bonchev–Trinajstić information content (AvgIpc) is 2.98. The zero-order valence-electron chi connectivity index (χ0n) is 13.9. The Bertz CT molecular complexity index is 692. The van der Waals surface area contributed by atoms with Crippen molar-refractivity contribution in [3.8, 4) is 0 Å². The molecule has 6 heteroatoms. The fourth-order valence-electron chi connectivity index (χ4n) is 3.19. The molecule has 0 radical (unpaired) electrons. The van der Waals surface area contributed by atoms with Gasteiger partial charge >= 0.3 is 6.03 Å². The SMILES string of the molecule is Cn1nccc1CNC(=O)N1CCC(Cc2cccc(F)c2)CC1. The highest BCUT2D eigenvalue weighted by atomic mass is 19.1. The summed E-state index contributed by atoms with van der Waals surface area (Å²) in [4.78, 5) is 14.1. The van der Waals surface area contributed by atoms with Crippen molar-refractivity contribution in [3.05, 3.63) is 53.6 Å². The van der Waals surface area contributed by atoms with E-state index >= 15 is 0 Å². The molecule has 0 bridgehead atoms. The first-order valence-corrected chi connectivity index (χ1v) is 8.36. The Kier molecular flexibility index (Phi) is 5.13. The number of nitrogens with zero attached hydrogens (tertiary/aromatic N) is 3. The van der Waals surface area contributed by atoms with Gasteiger partial charge in [-0.15, -0.1) is 0 Å². The molecule has 128 valence electrons. The first-order valence-electron chi connectivity index (χ1n) is 8.36. The van der Waals surface area contributed by atoms with Crippen molar-refractivity contribution in [2.45, 2.75) is 25.8 Å². The van der Waals surface area contributed by atoms with Crippen LogP contribution in [0.15, 0.2) is 36.5 Å². The molecule has 1 aromatic heterocycles. The number of likely N-dealkylation sites (tertiary alicyclic amines) is 1. The van der Waals surface area contributed by atoms with Crippen molar-refractivity contribution in [2.75, 3.05) is 13.1 Å². The van der Waals surface area contributed by atoms with E-state index < -0.39 is 0 Å². The summed E-state index contributed by atoms with van der Waals surface area (Å²) in [6.07, 6.45) is 4.51. The van der Waals surface area contributed by atoms with Gasteiger partial charge in [0.05, 0.1) is 12.2 Å². The van der Waals surface area contributed by atoms with Crippen LogP contribution in [-0.2, 0) is 20.0 Å². The first-order chi connectivity index (χ1) is 11.6. The number of benzene rings is 1. The van der Waals surface area contributed by atoms with E-state index in [9.17, 15) is 9.18 Å². The lowest BCUT2D eigenvalue weighted by Gasteiger charge is -2.32. The Morgan fingerprint density at radius 3 is 2.79 bits per heavy atom. The van der Waals surface area contributed by atoms with Crippen LogP contribution >= 0.6 is 0 Å².